The molecule has 0 radical (unpaired) electrons. The van der Waals surface area contributed by atoms with Crippen molar-refractivity contribution in [3.05, 3.63) is 50.6 Å². The Kier molecular flexibility index (Phi) is 4.76. The van der Waals surface area contributed by atoms with E-state index in [4.69, 9.17) is 35.4 Å². The van der Waals surface area contributed by atoms with Gasteiger partial charge in [-0.05, 0) is 41.9 Å². The molecule has 1 aromatic heterocycles. The minimum atomic E-state index is -0.259. The van der Waals surface area contributed by atoms with Crippen molar-refractivity contribution in [3.8, 4) is 0 Å². The van der Waals surface area contributed by atoms with Crippen LogP contribution in [0, 0.1) is 0 Å². The van der Waals surface area contributed by atoms with E-state index in [0.717, 1.165) is 0 Å². The van der Waals surface area contributed by atoms with Gasteiger partial charge in [0.1, 0.15) is 0 Å². The van der Waals surface area contributed by atoms with E-state index in [1.165, 1.54) is 11.3 Å². The van der Waals surface area contributed by atoms with Crippen LogP contribution in [0.4, 0.5) is 5.69 Å². The number of carbonyl (C=O) groups is 1. The number of benzene rings is 1. The highest BCUT2D eigenvalue weighted by molar-refractivity contribution is 7.80. The van der Waals surface area contributed by atoms with Crippen molar-refractivity contribution >= 4 is 63.5 Å². The molecule has 19 heavy (non-hydrogen) atoms. The minimum Gasteiger partial charge on any atom is -0.331 e. The van der Waals surface area contributed by atoms with Gasteiger partial charge in [-0.15, -0.1) is 11.3 Å². The number of rotatable bonds is 2. The quantitative estimate of drug-likeness (QED) is 0.811. The van der Waals surface area contributed by atoms with Crippen molar-refractivity contribution in [2.45, 2.75) is 0 Å². The van der Waals surface area contributed by atoms with Gasteiger partial charge in [-0.2, -0.15) is 0 Å². The van der Waals surface area contributed by atoms with E-state index in [1.807, 2.05) is 5.38 Å². The summed E-state index contributed by atoms with van der Waals surface area (Å²) in [7, 11) is 0. The first-order chi connectivity index (χ1) is 9.06. The topological polar surface area (TPSA) is 41.1 Å². The molecule has 1 amide bonds. The van der Waals surface area contributed by atoms with Crippen LogP contribution in [0.25, 0.3) is 0 Å². The van der Waals surface area contributed by atoms with Crippen LogP contribution in [0.15, 0.2) is 35.7 Å². The zero-order valence-electron chi connectivity index (χ0n) is 9.44. The molecule has 1 aromatic carbocycles. The molecule has 7 heteroatoms. The smallest absolute Gasteiger partial charge is 0.267 e. The molecule has 0 aliphatic carbocycles. The fraction of sp³-hybridized carbons (Fsp3) is 0. The maximum absolute atomic E-state index is 11.8. The Morgan fingerprint density at radius 3 is 2.74 bits per heavy atom. The third-order valence-electron chi connectivity index (χ3n) is 2.15. The van der Waals surface area contributed by atoms with E-state index in [0.29, 0.717) is 20.6 Å². The summed E-state index contributed by atoms with van der Waals surface area (Å²) in [4.78, 5) is 12.4. The van der Waals surface area contributed by atoms with Gasteiger partial charge in [-0.1, -0.05) is 29.3 Å². The van der Waals surface area contributed by atoms with Crippen molar-refractivity contribution in [3.63, 3.8) is 0 Å². The Morgan fingerprint density at radius 2 is 2.05 bits per heavy atom. The highest BCUT2D eigenvalue weighted by Gasteiger charge is 2.10. The number of halogens is 2. The maximum Gasteiger partial charge on any atom is 0.267 e. The lowest BCUT2D eigenvalue weighted by molar-refractivity contribution is 0.0981. The Hall–Kier alpha value is -1.14. The Balaban J connectivity index is 2.02. The molecule has 0 atom stereocenters. The van der Waals surface area contributed by atoms with Gasteiger partial charge in [0.05, 0.1) is 15.6 Å². The number of anilines is 1. The van der Waals surface area contributed by atoms with Crippen molar-refractivity contribution in [2.75, 3.05) is 5.32 Å². The second-order valence-electron chi connectivity index (χ2n) is 3.51. The summed E-state index contributed by atoms with van der Waals surface area (Å²) >= 11 is 18.2. The summed E-state index contributed by atoms with van der Waals surface area (Å²) in [5.74, 6) is -0.259. The second kappa shape index (κ2) is 6.34. The van der Waals surface area contributed by atoms with Crippen LogP contribution in [0.2, 0.25) is 10.0 Å². The van der Waals surface area contributed by atoms with Crippen LogP contribution in [0.5, 0.6) is 0 Å². The van der Waals surface area contributed by atoms with Crippen LogP contribution in [0.3, 0.4) is 0 Å². The molecule has 2 N–H and O–H groups in total. The summed E-state index contributed by atoms with van der Waals surface area (Å²) in [6.07, 6.45) is 0. The summed E-state index contributed by atoms with van der Waals surface area (Å²) in [6.45, 7) is 0. The average Bonchev–Trinajstić information content (AvgIpc) is 2.87. The molecule has 2 aromatic rings. The molecule has 0 fully saturated rings. The molecule has 0 spiro atoms. The molecule has 0 aliphatic heterocycles. The highest BCUT2D eigenvalue weighted by atomic mass is 35.5. The van der Waals surface area contributed by atoms with Crippen LogP contribution in [-0.2, 0) is 0 Å². The van der Waals surface area contributed by atoms with Crippen LogP contribution < -0.4 is 10.6 Å². The van der Waals surface area contributed by atoms with Crippen LogP contribution in [0.1, 0.15) is 9.67 Å². The first-order valence-corrected chi connectivity index (χ1v) is 7.21. The summed E-state index contributed by atoms with van der Waals surface area (Å²) < 4.78 is 0. The molecule has 2 rings (SSSR count). The molecular weight excluding hydrogens is 323 g/mol. The third kappa shape index (κ3) is 3.91. The first-order valence-electron chi connectivity index (χ1n) is 5.17. The monoisotopic (exact) mass is 330 g/mol. The lowest BCUT2D eigenvalue weighted by atomic mass is 10.3. The second-order valence-corrected chi connectivity index (χ2v) is 5.71. The Bertz CT molecular complexity index is 614. The van der Waals surface area contributed by atoms with Gasteiger partial charge in [0.15, 0.2) is 5.11 Å². The fourth-order valence-corrected chi connectivity index (χ4v) is 2.48. The van der Waals surface area contributed by atoms with Crippen molar-refractivity contribution in [1.29, 1.82) is 0 Å². The van der Waals surface area contributed by atoms with E-state index < -0.39 is 0 Å². The van der Waals surface area contributed by atoms with Gasteiger partial charge in [0.2, 0.25) is 0 Å². The van der Waals surface area contributed by atoms with Gasteiger partial charge in [-0.3, -0.25) is 10.1 Å². The number of carbonyl (C=O) groups excluding carboxylic acids is 1. The molecule has 0 unspecified atom stereocenters. The normalized spacial score (nSPS) is 10.0. The summed E-state index contributed by atoms with van der Waals surface area (Å²) in [6, 6.07) is 8.46. The van der Waals surface area contributed by atoms with E-state index in [9.17, 15) is 4.79 Å². The van der Waals surface area contributed by atoms with E-state index in [1.54, 1.807) is 30.3 Å². The van der Waals surface area contributed by atoms with E-state index in [-0.39, 0.29) is 11.0 Å². The van der Waals surface area contributed by atoms with Crippen molar-refractivity contribution in [1.82, 2.24) is 5.32 Å². The lowest BCUT2D eigenvalue weighted by Crippen LogP contribution is -2.33. The predicted octanol–water partition coefficient (Wildman–Crippen LogP) is 4.18. The number of thiocarbonyl (C=S) groups is 1. The fourth-order valence-electron chi connectivity index (χ4n) is 1.32. The summed E-state index contributed by atoms with van der Waals surface area (Å²) in [5.41, 5.74) is 0.547. The van der Waals surface area contributed by atoms with Crippen molar-refractivity contribution < 1.29 is 4.79 Å². The molecular formula is C12H8Cl2N2OS2. The number of amides is 1. The zero-order chi connectivity index (χ0) is 13.8. The molecule has 0 saturated heterocycles. The molecule has 3 nitrogen and oxygen atoms in total. The van der Waals surface area contributed by atoms with Gasteiger partial charge in [-0.25, -0.2) is 0 Å². The number of nitrogens with one attached hydrogen (secondary N) is 2. The van der Waals surface area contributed by atoms with Gasteiger partial charge < -0.3 is 5.32 Å². The molecule has 1 heterocycles. The molecule has 0 bridgehead atoms. The molecule has 98 valence electrons. The Labute approximate surface area is 129 Å². The first kappa shape index (κ1) is 14.3. The average molecular weight is 331 g/mol. The van der Waals surface area contributed by atoms with Crippen LogP contribution in [-0.4, -0.2) is 11.0 Å². The van der Waals surface area contributed by atoms with Gasteiger partial charge >= 0.3 is 0 Å². The SMILES string of the molecule is O=C(NC(=S)Nc1cc(Cl)ccc1Cl)c1cccs1. The highest BCUT2D eigenvalue weighted by Crippen LogP contribution is 2.25. The third-order valence-corrected chi connectivity index (χ3v) is 3.79. The van der Waals surface area contributed by atoms with Crippen LogP contribution >= 0.6 is 46.8 Å². The number of hydrogen-bond acceptors (Lipinski definition) is 3. The number of thiophene rings is 1. The van der Waals surface area contributed by atoms with Crippen molar-refractivity contribution in [2.24, 2.45) is 0 Å². The lowest BCUT2D eigenvalue weighted by Gasteiger charge is -2.10. The molecule has 0 saturated carbocycles. The van der Waals surface area contributed by atoms with Gasteiger partial charge in [0, 0.05) is 5.02 Å². The zero-order valence-corrected chi connectivity index (χ0v) is 12.6. The van der Waals surface area contributed by atoms with E-state index in [2.05, 4.69) is 10.6 Å². The van der Waals surface area contributed by atoms with E-state index >= 15 is 0 Å². The minimum absolute atomic E-state index is 0.169. The predicted molar refractivity (Wildman–Crippen MR) is 84.5 cm³/mol. The molecule has 0 aliphatic rings. The maximum atomic E-state index is 11.8. The Morgan fingerprint density at radius 1 is 1.26 bits per heavy atom. The standard InChI is InChI=1S/C12H8Cl2N2OS2/c13-7-3-4-8(14)9(6-7)15-12(18)16-11(17)10-2-1-5-19-10/h1-6H,(H2,15,16,17,18). The number of hydrogen-bond donors (Lipinski definition) is 2. The largest absolute Gasteiger partial charge is 0.331 e. The van der Waals surface area contributed by atoms with Gasteiger partial charge in [0.25, 0.3) is 5.91 Å². The summed E-state index contributed by atoms with van der Waals surface area (Å²) in [5, 5.41) is 8.38.